The van der Waals surface area contributed by atoms with Crippen LogP contribution in [0.5, 0.6) is 0 Å². The number of pyridine rings is 2. The molecule has 106 valence electrons. The molecule has 21 heavy (non-hydrogen) atoms. The number of aromatic nitrogens is 2. The van der Waals surface area contributed by atoms with Crippen molar-refractivity contribution >= 4 is 24.9 Å². The van der Waals surface area contributed by atoms with Crippen LogP contribution in [0.2, 0.25) is 6.55 Å². The number of rotatable bonds is 2. The highest BCUT2D eigenvalue weighted by molar-refractivity contribution is 6.69. The van der Waals surface area contributed by atoms with Gasteiger partial charge >= 0.3 is 0 Å². The van der Waals surface area contributed by atoms with Crippen LogP contribution in [0, 0.1) is 0 Å². The topological polar surface area (TPSA) is 60.9 Å². The molecule has 2 aromatic heterocycles. The summed E-state index contributed by atoms with van der Waals surface area (Å²) in [5.41, 5.74) is 2.09. The van der Waals surface area contributed by atoms with E-state index in [4.69, 9.17) is 5.40 Å². The maximum atomic E-state index is 12.2. The van der Waals surface area contributed by atoms with Crippen molar-refractivity contribution in [3.8, 4) is 11.1 Å². The summed E-state index contributed by atoms with van der Waals surface area (Å²) in [6, 6.07) is 10.2. The van der Waals surface area contributed by atoms with Crippen LogP contribution < -0.4 is 16.1 Å². The van der Waals surface area contributed by atoms with Crippen molar-refractivity contribution in [3.63, 3.8) is 0 Å². The summed E-state index contributed by atoms with van der Waals surface area (Å²) in [6.45, 7) is 2.10. The molecule has 0 aliphatic heterocycles. The van der Waals surface area contributed by atoms with E-state index in [1.54, 1.807) is 24.0 Å². The highest BCUT2D eigenvalue weighted by Gasteiger charge is 2.10. The third kappa shape index (κ3) is 2.41. The Morgan fingerprint density at radius 2 is 2.05 bits per heavy atom. The van der Waals surface area contributed by atoms with Crippen LogP contribution in [0.15, 0.2) is 53.7 Å². The van der Waals surface area contributed by atoms with E-state index >= 15 is 0 Å². The van der Waals surface area contributed by atoms with Crippen molar-refractivity contribution in [1.29, 1.82) is 0 Å². The lowest BCUT2D eigenvalue weighted by molar-refractivity contribution is 0.874. The second kappa shape index (κ2) is 5.27. The Bertz CT molecular complexity index is 871. The fraction of sp³-hybridized carbons (Fsp3) is 0.125. The second-order valence-corrected chi connectivity index (χ2v) is 7.54. The molecule has 3 aromatic rings. The summed E-state index contributed by atoms with van der Waals surface area (Å²) in [5.74, 6) is 0. The minimum Gasteiger partial charge on any atom is -0.350 e. The first-order chi connectivity index (χ1) is 10.1. The predicted molar refractivity (Wildman–Crippen MR) is 89.3 cm³/mol. The molecule has 0 fully saturated rings. The molecule has 0 radical (unpaired) electrons. The number of nitrogens with zero attached hydrogens (tertiary/aromatic N) is 2. The molecule has 2 heterocycles. The van der Waals surface area contributed by atoms with Crippen LogP contribution in [-0.4, -0.2) is 18.5 Å². The number of fused-ring (bicyclic) bond motifs is 1. The Kier molecular flexibility index (Phi) is 3.45. The van der Waals surface area contributed by atoms with Gasteiger partial charge in [-0.05, 0) is 22.2 Å². The Morgan fingerprint density at radius 1 is 1.24 bits per heavy atom. The van der Waals surface area contributed by atoms with Gasteiger partial charge in [-0.1, -0.05) is 30.8 Å². The summed E-state index contributed by atoms with van der Waals surface area (Å²) < 4.78 is 1.61. The standard InChI is InChI=1S/C16H17N3OSi/c1-19-10-15(11-4-3-5-12(8-11)21(2)17)13-6-7-18-9-14(13)16(19)20/h3-10,21H,17H2,1-2H3. The number of benzene rings is 1. The Labute approximate surface area is 124 Å². The van der Waals surface area contributed by atoms with Crippen LogP contribution in [0.3, 0.4) is 0 Å². The SMILES string of the molecule is Cn1cc(-c2cccc([SiH](C)N)c2)c2ccncc2c1=O. The van der Waals surface area contributed by atoms with Gasteiger partial charge in [-0.3, -0.25) is 9.78 Å². The van der Waals surface area contributed by atoms with Crippen molar-refractivity contribution in [3.05, 3.63) is 59.3 Å². The van der Waals surface area contributed by atoms with Crippen LogP contribution in [-0.2, 0) is 7.05 Å². The molecule has 1 atom stereocenters. The molecular formula is C16H17N3OSi. The lowest BCUT2D eigenvalue weighted by Gasteiger charge is -2.11. The third-order valence-corrected chi connectivity index (χ3v) is 5.12. The highest BCUT2D eigenvalue weighted by Crippen LogP contribution is 2.25. The lowest BCUT2D eigenvalue weighted by Crippen LogP contribution is -2.36. The fourth-order valence-corrected chi connectivity index (χ4v) is 3.39. The molecule has 4 nitrogen and oxygen atoms in total. The number of hydrogen-bond donors (Lipinski definition) is 1. The van der Waals surface area contributed by atoms with E-state index in [0.717, 1.165) is 16.5 Å². The monoisotopic (exact) mass is 295 g/mol. The van der Waals surface area contributed by atoms with Crippen molar-refractivity contribution in [2.75, 3.05) is 0 Å². The normalized spacial score (nSPS) is 12.5. The Balaban J connectivity index is 2.33. The second-order valence-electron chi connectivity index (χ2n) is 5.29. The summed E-state index contributed by atoms with van der Waals surface area (Å²) in [5, 5.41) is 8.88. The van der Waals surface area contributed by atoms with Gasteiger partial charge in [-0.2, -0.15) is 0 Å². The summed E-state index contributed by atoms with van der Waals surface area (Å²) in [6.07, 6.45) is 5.23. The third-order valence-electron chi connectivity index (χ3n) is 3.71. The van der Waals surface area contributed by atoms with Gasteiger partial charge in [0.05, 0.1) is 5.39 Å². The fourth-order valence-electron chi connectivity index (χ4n) is 2.53. The maximum Gasteiger partial charge on any atom is 0.259 e. The van der Waals surface area contributed by atoms with Crippen LogP contribution in [0.25, 0.3) is 21.9 Å². The first-order valence-electron chi connectivity index (χ1n) is 6.87. The van der Waals surface area contributed by atoms with Crippen LogP contribution in [0.4, 0.5) is 0 Å². The van der Waals surface area contributed by atoms with Crippen LogP contribution in [0.1, 0.15) is 0 Å². The number of hydrogen-bond acceptors (Lipinski definition) is 3. The molecule has 0 spiro atoms. The molecule has 2 N–H and O–H groups in total. The highest BCUT2D eigenvalue weighted by atomic mass is 28.3. The minimum atomic E-state index is -1.35. The van der Waals surface area contributed by atoms with Crippen molar-refractivity contribution in [1.82, 2.24) is 9.55 Å². The zero-order valence-corrected chi connectivity index (χ0v) is 13.2. The lowest BCUT2D eigenvalue weighted by atomic mass is 10.0. The van der Waals surface area contributed by atoms with Gasteiger partial charge in [0.15, 0.2) is 0 Å². The minimum absolute atomic E-state index is 0.0282. The molecule has 0 amide bonds. The van der Waals surface area contributed by atoms with Gasteiger partial charge in [0, 0.05) is 31.2 Å². The maximum absolute atomic E-state index is 12.2. The molecular weight excluding hydrogens is 278 g/mol. The quantitative estimate of drug-likeness (QED) is 0.721. The molecule has 0 aliphatic rings. The molecule has 3 rings (SSSR count). The van der Waals surface area contributed by atoms with Crippen LogP contribution >= 0.6 is 0 Å². The van der Waals surface area contributed by atoms with E-state index in [2.05, 4.69) is 29.7 Å². The van der Waals surface area contributed by atoms with Crippen molar-refractivity contribution < 1.29 is 0 Å². The predicted octanol–water partition coefficient (Wildman–Crippen LogP) is 1.12. The van der Waals surface area contributed by atoms with E-state index in [9.17, 15) is 4.79 Å². The average molecular weight is 295 g/mol. The van der Waals surface area contributed by atoms with E-state index in [-0.39, 0.29) is 5.56 Å². The van der Waals surface area contributed by atoms with Crippen molar-refractivity contribution in [2.24, 2.45) is 12.4 Å². The number of nitrogens with two attached hydrogens (primary N) is 1. The van der Waals surface area contributed by atoms with Gasteiger partial charge in [-0.25, -0.2) is 0 Å². The smallest absolute Gasteiger partial charge is 0.259 e. The van der Waals surface area contributed by atoms with Gasteiger partial charge in [-0.15, -0.1) is 0 Å². The van der Waals surface area contributed by atoms with Gasteiger partial charge in [0.25, 0.3) is 5.56 Å². The van der Waals surface area contributed by atoms with E-state index in [1.165, 1.54) is 5.19 Å². The first-order valence-corrected chi connectivity index (χ1v) is 9.27. The Morgan fingerprint density at radius 3 is 2.81 bits per heavy atom. The summed E-state index contributed by atoms with van der Waals surface area (Å²) in [4.78, 5) is 16.3. The number of aryl methyl sites for hydroxylation is 1. The van der Waals surface area contributed by atoms with E-state index in [0.29, 0.717) is 5.39 Å². The van der Waals surface area contributed by atoms with Gasteiger partial charge in [0.1, 0.15) is 8.96 Å². The molecule has 0 saturated heterocycles. The zero-order valence-electron chi connectivity index (χ0n) is 12.1. The summed E-state index contributed by atoms with van der Waals surface area (Å²) >= 11 is 0. The van der Waals surface area contributed by atoms with E-state index < -0.39 is 8.96 Å². The molecule has 5 heteroatoms. The molecule has 1 unspecified atom stereocenters. The summed E-state index contributed by atoms with van der Waals surface area (Å²) in [7, 11) is 0.421. The Hall–Kier alpha value is -2.24. The van der Waals surface area contributed by atoms with Gasteiger partial charge in [0.2, 0.25) is 0 Å². The molecule has 1 aromatic carbocycles. The van der Waals surface area contributed by atoms with Crippen molar-refractivity contribution in [2.45, 2.75) is 6.55 Å². The molecule has 0 saturated carbocycles. The largest absolute Gasteiger partial charge is 0.350 e. The average Bonchev–Trinajstić information content (AvgIpc) is 2.51. The first kappa shape index (κ1) is 13.7. The van der Waals surface area contributed by atoms with E-state index in [1.807, 2.05) is 18.3 Å². The molecule has 0 bridgehead atoms. The zero-order chi connectivity index (χ0) is 15.0. The van der Waals surface area contributed by atoms with Gasteiger partial charge < -0.3 is 9.97 Å². The molecule has 0 aliphatic carbocycles.